The lowest BCUT2D eigenvalue weighted by molar-refractivity contribution is -0.130. The Kier molecular flexibility index (Phi) is 3.10. The van der Waals surface area contributed by atoms with Crippen molar-refractivity contribution in [3.63, 3.8) is 0 Å². The van der Waals surface area contributed by atoms with Gasteiger partial charge >= 0.3 is 0 Å². The van der Waals surface area contributed by atoms with Crippen molar-refractivity contribution < 1.29 is 14.7 Å². The van der Waals surface area contributed by atoms with Gasteiger partial charge in [-0.3, -0.25) is 14.9 Å². The van der Waals surface area contributed by atoms with Gasteiger partial charge in [0.1, 0.15) is 0 Å². The minimum atomic E-state index is -0.518. The van der Waals surface area contributed by atoms with Crippen molar-refractivity contribution in [1.82, 2.24) is 5.32 Å². The Balaban J connectivity index is 2.16. The minimum absolute atomic E-state index is 0.180. The SMILES string of the molecule is CC(O)c1ccc(N2CC(=O)NC(=O)C2)cc1. The zero-order valence-corrected chi connectivity index (χ0v) is 9.51. The standard InChI is InChI=1S/C12H14N2O3/c1-8(15)9-2-4-10(5-3-9)14-6-11(16)13-12(17)7-14/h2-5,8,15H,6-7H2,1H3,(H,13,16,17). The lowest BCUT2D eigenvalue weighted by Crippen LogP contribution is -2.51. The summed E-state index contributed by atoms with van der Waals surface area (Å²) < 4.78 is 0. The van der Waals surface area contributed by atoms with Crippen LogP contribution >= 0.6 is 0 Å². The highest BCUT2D eigenvalue weighted by atomic mass is 16.3. The number of piperazine rings is 1. The molecule has 1 unspecified atom stereocenters. The summed E-state index contributed by atoms with van der Waals surface area (Å²) in [5.41, 5.74) is 1.61. The molecule has 1 aliphatic rings. The van der Waals surface area contributed by atoms with Crippen molar-refractivity contribution in [1.29, 1.82) is 0 Å². The molecular formula is C12H14N2O3. The Morgan fingerprint density at radius 1 is 1.18 bits per heavy atom. The number of benzene rings is 1. The predicted octanol–water partition coefficient (Wildman–Crippen LogP) is 0.203. The van der Waals surface area contributed by atoms with Crippen LogP contribution < -0.4 is 10.2 Å². The van der Waals surface area contributed by atoms with E-state index in [4.69, 9.17) is 0 Å². The zero-order valence-electron chi connectivity index (χ0n) is 9.51. The van der Waals surface area contributed by atoms with Crippen LogP contribution in [0.4, 0.5) is 5.69 Å². The van der Waals surface area contributed by atoms with Crippen LogP contribution in [-0.4, -0.2) is 30.0 Å². The largest absolute Gasteiger partial charge is 0.389 e. The molecule has 90 valence electrons. The molecule has 5 heteroatoms. The van der Waals surface area contributed by atoms with Gasteiger partial charge < -0.3 is 10.0 Å². The van der Waals surface area contributed by atoms with Crippen LogP contribution in [0.25, 0.3) is 0 Å². The van der Waals surface area contributed by atoms with E-state index < -0.39 is 6.10 Å². The van der Waals surface area contributed by atoms with Gasteiger partial charge in [0.2, 0.25) is 11.8 Å². The van der Waals surface area contributed by atoms with Crippen molar-refractivity contribution >= 4 is 17.5 Å². The summed E-state index contributed by atoms with van der Waals surface area (Å²) in [4.78, 5) is 24.1. The number of nitrogens with one attached hydrogen (secondary N) is 1. The maximum atomic E-state index is 11.2. The monoisotopic (exact) mass is 234 g/mol. The third-order valence-corrected chi connectivity index (χ3v) is 2.69. The quantitative estimate of drug-likeness (QED) is 0.717. The lowest BCUT2D eigenvalue weighted by Gasteiger charge is -2.27. The Morgan fingerprint density at radius 3 is 2.18 bits per heavy atom. The first-order valence-corrected chi connectivity index (χ1v) is 5.42. The van der Waals surface area contributed by atoms with E-state index in [1.807, 2.05) is 0 Å². The van der Waals surface area contributed by atoms with Crippen molar-refractivity contribution in [3.05, 3.63) is 29.8 Å². The van der Waals surface area contributed by atoms with E-state index in [1.165, 1.54) is 0 Å². The topological polar surface area (TPSA) is 69.6 Å². The fourth-order valence-electron chi connectivity index (χ4n) is 1.78. The average molecular weight is 234 g/mol. The summed E-state index contributed by atoms with van der Waals surface area (Å²) in [5, 5.41) is 11.6. The molecule has 1 aliphatic heterocycles. The fraction of sp³-hybridized carbons (Fsp3) is 0.333. The molecule has 0 spiro atoms. The van der Waals surface area contributed by atoms with Gasteiger partial charge in [0.15, 0.2) is 0 Å². The third-order valence-electron chi connectivity index (χ3n) is 2.69. The molecule has 2 rings (SSSR count). The normalized spacial score (nSPS) is 17.9. The molecule has 0 aromatic heterocycles. The van der Waals surface area contributed by atoms with Crippen LogP contribution in [0.5, 0.6) is 0 Å². The van der Waals surface area contributed by atoms with Crippen LogP contribution in [0.1, 0.15) is 18.6 Å². The molecule has 1 aromatic rings. The number of hydrogen-bond donors (Lipinski definition) is 2. The highest BCUT2D eigenvalue weighted by Gasteiger charge is 2.22. The van der Waals surface area contributed by atoms with Crippen LogP contribution in [-0.2, 0) is 9.59 Å². The predicted molar refractivity (Wildman–Crippen MR) is 62.4 cm³/mol. The third kappa shape index (κ3) is 2.62. The van der Waals surface area contributed by atoms with Crippen molar-refractivity contribution in [2.45, 2.75) is 13.0 Å². The highest BCUT2D eigenvalue weighted by molar-refractivity contribution is 6.02. The minimum Gasteiger partial charge on any atom is -0.389 e. The number of rotatable bonds is 2. The summed E-state index contributed by atoms with van der Waals surface area (Å²) in [5.74, 6) is -0.582. The van der Waals surface area contributed by atoms with E-state index in [-0.39, 0.29) is 24.9 Å². The summed E-state index contributed by atoms with van der Waals surface area (Å²) in [6.45, 7) is 2.05. The molecular weight excluding hydrogens is 220 g/mol. The van der Waals surface area contributed by atoms with E-state index in [0.717, 1.165) is 11.3 Å². The first-order valence-electron chi connectivity index (χ1n) is 5.42. The van der Waals surface area contributed by atoms with E-state index >= 15 is 0 Å². The second-order valence-corrected chi connectivity index (χ2v) is 4.09. The number of carbonyl (C=O) groups is 2. The molecule has 0 aliphatic carbocycles. The second kappa shape index (κ2) is 4.55. The van der Waals surface area contributed by atoms with Crippen LogP contribution in [0.2, 0.25) is 0 Å². The molecule has 1 saturated heterocycles. The van der Waals surface area contributed by atoms with Gasteiger partial charge in [0.25, 0.3) is 0 Å². The van der Waals surface area contributed by atoms with E-state index in [2.05, 4.69) is 5.32 Å². The number of hydrogen-bond acceptors (Lipinski definition) is 4. The number of nitrogens with zero attached hydrogens (tertiary/aromatic N) is 1. The number of aliphatic hydroxyl groups is 1. The second-order valence-electron chi connectivity index (χ2n) is 4.09. The number of amides is 2. The molecule has 2 amide bonds. The average Bonchev–Trinajstić information content (AvgIpc) is 2.28. The molecule has 1 atom stereocenters. The zero-order chi connectivity index (χ0) is 12.4. The van der Waals surface area contributed by atoms with Crippen LogP contribution in [0.15, 0.2) is 24.3 Å². The van der Waals surface area contributed by atoms with Gasteiger partial charge in [-0.1, -0.05) is 12.1 Å². The van der Waals surface area contributed by atoms with Gasteiger partial charge in [0, 0.05) is 5.69 Å². The van der Waals surface area contributed by atoms with Crippen molar-refractivity contribution in [2.24, 2.45) is 0 Å². The smallest absolute Gasteiger partial charge is 0.246 e. The molecule has 1 fully saturated rings. The highest BCUT2D eigenvalue weighted by Crippen LogP contribution is 2.19. The first kappa shape index (κ1) is 11.6. The summed E-state index contributed by atoms with van der Waals surface area (Å²) >= 11 is 0. The molecule has 0 radical (unpaired) electrons. The number of imide groups is 1. The summed E-state index contributed by atoms with van der Waals surface area (Å²) in [6.07, 6.45) is -0.518. The van der Waals surface area contributed by atoms with Crippen molar-refractivity contribution in [2.75, 3.05) is 18.0 Å². The first-order chi connectivity index (χ1) is 8.06. The fourth-order valence-corrected chi connectivity index (χ4v) is 1.78. The molecule has 1 heterocycles. The van der Waals surface area contributed by atoms with E-state index in [1.54, 1.807) is 36.1 Å². The molecule has 0 saturated carbocycles. The van der Waals surface area contributed by atoms with Crippen LogP contribution in [0.3, 0.4) is 0 Å². The van der Waals surface area contributed by atoms with Gasteiger partial charge in [-0.25, -0.2) is 0 Å². The summed E-state index contributed by atoms with van der Waals surface area (Å²) in [7, 11) is 0. The van der Waals surface area contributed by atoms with Gasteiger partial charge in [-0.2, -0.15) is 0 Å². The van der Waals surface area contributed by atoms with E-state index in [0.29, 0.717) is 0 Å². The Morgan fingerprint density at radius 2 is 1.71 bits per heavy atom. The summed E-state index contributed by atoms with van der Waals surface area (Å²) in [6, 6.07) is 7.18. The maximum Gasteiger partial charge on any atom is 0.246 e. The number of carbonyl (C=O) groups excluding carboxylic acids is 2. The maximum absolute atomic E-state index is 11.2. The lowest BCUT2D eigenvalue weighted by atomic mass is 10.1. The van der Waals surface area contributed by atoms with Gasteiger partial charge in [-0.15, -0.1) is 0 Å². The Labute approximate surface area is 99.0 Å². The molecule has 5 nitrogen and oxygen atoms in total. The Bertz CT molecular complexity index is 424. The number of anilines is 1. The van der Waals surface area contributed by atoms with Gasteiger partial charge in [-0.05, 0) is 24.6 Å². The molecule has 2 N–H and O–H groups in total. The van der Waals surface area contributed by atoms with E-state index in [9.17, 15) is 14.7 Å². The molecule has 0 bridgehead atoms. The van der Waals surface area contributed by atoms with Gasteiger partial charge in [0.05, 0.1) is 19.2 Å². The number of aliphatic hydroxyl groups excluding tert-OH is 1. The Hall–Kier alpha value is -1.88. The molecule has 17 heavy (non-hydrogen) atoms. The van der Waals surface area contributed by atoms with Crippen molar-refractivity contribution in [3.8, 4) is 0 Å². The molecule has 1 aromatic carbocycles. The van der Waals surface area contributed by atoms with Crippen LogP contribution in [0, 0.1) is 0 Å².